The molecule has 0 saturated heterocycles. The third-order valence-electron chi connectivity index (χ3n) is 5.27. The summed E-state index contributed by atoms with van der Waals surface area (Å²) in [7, 11) is 0. The quantitative estimate of drug-likeness (QED) is 0.417. The number of hydrogen-bond donors (Lipinski definition) is 3. The minimum atomic E-state index is -4.60. The van der Waals surface area contributed by atoms with E-state index in [2.05, 4.69) is 25.6 Å². The normalized spacial score (nSPS) is 15.1. The molecule has 1 aliphatic carbocycles. The Kier molecular flexibility index (Phi) is 6.35. The number of thiazole rings is 1. The average Bonchev–Trinajstić information content (AvgIpc) is 3.22. The molecular formula is C22H22F3N5O2S. The highest BCUT2D eigenvalue weighted by Crippen LogP contribution is 2.44. The lowest BCUT2D eigenvalue weighted by Crippen LogP contribution is -2.33. The molecule has 1 amide bonds. The van der Waals surface area contributed by atoms with E-state index >= 15 is 0 Å². The van der Waals surface area contributed by atoms with Crippen LogP contribution in [0.2, 0.25) is 0 Å². The zero-order valence-corrected chi connectivity index (χ0v) is 18.6. The Morgan fingerprint density at radius 2 is 1.97 bits per heavy atom. The lowest BCUT2D eigenvalue weighted by Gasteiger charge is -2.34. The number of rotatable bonds is 7. The molecule has 2 heterocycles. The van der Waals surface area contributed by atoms with Crippen molar-refractivity contribution in [2.75, 3.05) is 10.6 Å². The Hall–Kier alpha value is -3.05. The minimum Gasteiger partial charge on any atom is -0.383 e. The number of carbonyl (C=O) groups excluding carboxylic acids is 1. The molecule has 1 fully saturated rings. The fourth-order valence-corrected chi connectivity index (χ4v) is 4.47. The Morgan fingerprint density at radius 1 is 1.21 bits per heavy atom. The number of amides is 1. The molecule has 0 spiro atoms. The van der Waals surface area contributed by atoms with Crippen LogP contribution in [0.25, 0.3) is 10.4 Å². The SMILES string of the molecule is CCCC(=O)Nc1cc(Nc2nccc(C(F)(F)F)n2)cc(-c2cnc(C3(O)CCC3)s2)c1. The molecule has 3 aromatic rings. The molecule has 0 radical (unpaired) electrons. The number of hydrogen-bond acceptors (Lipinski definition) is 7. The average molecular weight is 478 g/mol. The standard InChI is InChI=1S/C22H22F3N5O2S/c1-2-4-18(31)28-14-9-13(16-12-27-19(33-16)21(32)6-3-7-21)10-15(11-14)29-20-26-8-5-17(30-20)22(23,24)25/h5,8-12,32H,2-4,6-7H2,1H3,(H,28,31)(H,26,29,30). The summed E-state index contributed by atoms with van der Waals surface area (Å²) < 4.78 is 39.0. The number of aromatic nitrogens is 3. The van der Waals surface area contributed by atoms with E-state index in [0.29, 0.717) is 47.6 Å². The van der Waals surface area contributed by atoms with Crippen LogP contribution in [0.15, 0.2) is 36.7 Å². The maximum atomic E-state index is 13.0. The van der Waals surface area contributed by atoms with Crippen molar-refractivity contribution in [3.05, 3.63) is 47.4 Å². The van der Waals surface area contributed by atoms with E-state index in [-0.39, 0.29) is 11.9 Å². The summed E-state index contributed by atoms with van der Waals surface area (Å²) in [5.41, 5.74) is -0.407. The summed E-state index contributed by atoms with van der Waals surface area (Å²) in [5, 5.41) is 16.8. The lowest BCUT2D eigenvalue weighted by atomic mass is 9.81. The van der Waals surface area contributed by atoms with E-state index in [1.54, 1.807) is 24.4 Å². The molecule has 0 bridgehead atoms. The molecule has 174 valence electrons. The third-order valence-corrected chi connectivity index (χ3v) is 6.50. The van der Waals surface area contributed by atoms with E-state index in [4.69, 9.17) is 0 Å². The van der Waals surface area contributed by atoms with Gasteiger partial charge in [0.15, 0.2) is 0 Å². The maximum absolute atomic E-state index is 13.0. The molecule has 33 heavy (non-hydrogen) atoms. The van der Waals surface area contributed by atoms with E-state index in [9.17, 15) is 23.1 Å². The lowest BCUT2D eigenvalue weighted by molar-refractivity contribution is -0.141. The number of halogens is 3. The van der Waals surface area contributed by atoms with Crippen molar-refractivity contribution in [1.82, 2.24) is 15.0 Å². The molecule has 2 aromatic heterocycles. The second-order valence-electron chi connectivity index (χ2n) is 7.90. The largest absolute Gasteiger partial charge is 0.433 e. The van der Waals surface area contributed by atoms with Crippen molar-refractivity contribution < 1.29 is 23.1 Å². The molecule has 4 rings (SSSR count). The topological polar surface area (TPSA) is 100 Å². The number of nitrogens with zero attached hydrogens (tertiary/aromatic N) is 3. The Balaban J connectivity index is 1.67. The number of carbonyl (C=O) groups is 1. The second kappa shape index (κ2) is 9.06. The van der Waals surface area contributed by atoms with Crippen molar-refractivity contribution in [2.24, 2.45) is 0 Å². The van der Waals surface area contributed by atoms with Crippen molar-refractivity contribution in [3.63, 3.8) is 0 Å². The number of nitrogens with one attached hydrogen (secondary N) is 2. The highest BCUT2D eigenvalue weighted by molar-refractivity contribution is 7.15. The van der Waals surface area contributed by atoms with Crippen LogP contribution in [0, 0.1) is 0 Å². The fourth-order valence-electron chi connectivity index (χ4n) is 3.42. The van der Waals surface area contributed by atoms with Gasteiger partial charge >= 0.3 is 6.18 Å². The Labute approximate surface area is 192 Å². The van der Waals surface area contributed by atoms with E-state index in [1.165, 1.54) is 11.3 Å². The van der Waals surface area contributed by atoms with Gasteiger partial charge in [0.1, 0.15) is 16.3 Å². The van der Waals surface area contributed by atoms with Crippen LogP contribution >= 0.6 is 11.3 Å². The van der Waals surface area contributed by atoms with Crippen molar-refractivity contribution in [2.45, 2.75) is 50.8 Å². The van der Waals surface area contributed by atoms with Crippen molar-refractivity contribution in [1.29, 1.82) is 0 Å². The summed E-state index contributed by atoms with van der Waals surface area (Å²) in [6.07, 6.45) is 1.35. The predicted octanol–water partition coefficient (Wildman–Crippen LogP) is 5.47. The molecule has 0 atom stereocenters. The highest BCUT2D eigenvalue weighted by atomic mass is 32.1. The maximum Gasteiger partial charge on any atom is 0.433 e. The van der Waals surface area contributed by atoms with Gasteiger partial charge in [-0.15, -0.1) is 11.3 Å². The van der Waals surface area contributed by atoms with Crippen LogP contribution in [0.4, 0.5) is 30.5 Å². The van der Waals surface area contributed by atoms with Gasteiger partial charge in [0.25, 0.3) is 0 Å². The number of benzene rings is 1. The first kappa shape index (κ1) is 23.1. The zero-order valence-electron chi connectivity index (χ0n) is 17.7. The first-order valence-electron chi connectivity index (χ1n) is 10.5. The fraction of sp³-hybridized carbons (Fsp3) is 0.364. The molecule has 0 aliphatic heterocycles. The van der Waals surface area contributed by atoms with Gasteiger partial charge in [-0.1, -0.05) is 6.92 Å². The molecule has 7 nitrogen and oxygen atoms in total. The Bertz CT molecular complexity index is 1160. The zero-order chi connectivity index (χ0) is 23.6. The molecule has 1 saturated carbocycles. The predicted molar refractivity (Wildman–Crippen MR) is 119 cm³/mol. The number of anilines is 3. The molecule has 11 heteroatoms. The first-order chi connectivity index (χ1) is 15.7. The molecule has 1 aromatic carbocycles. The van der Waals surface area contributed by atoms with Gasteiger partial charge < -0.3 is 15.7 Å². The van der Waals surface area contributed by atoms with Gasteiger partial charge in [0, 0.05) is 30.2 Å². The van der Waals surface area contributed by atoms with E-state index in [0.717, 1.165) is 23.6 Å². The van der Waals surface area contributed by atoms with Crippen LogP contribution in [-0.2, 0) is 16.6 Å². The van der Waals surface area contributed by atoms with Gasteiger partial charge in [-0.05, 0) is 55.5 Å². The van der Waals surface area contributed by atoms with E-state index < -0.39 is 17.5 Å². The van der Waals surface area contributed by atoms with E-state index in [1.807, 2.05) is 6.92 Å². The number of alkyl halides is 3. The van der Waals surface area contributed by atoms with Gasteiger partial charge in [0.2, 0.25) is 11.9 Å². The van der Waals surface area contributed by atoms with Gasteiger partial charge in [-0.2, -0.15) is 13.2 Å². The summed E-state index contributed by atoms with van der Waals surface area (Å²) in [6, 6.07) is 5.86. The van der Waals surface area contributed by atoms with Crippen LogP contribution in [0.3, 0.4) is 0 Å². The molecule has 1 aliphatic rings. The smallest absolute Gasteiger partial charge is 0.383 e. The van der Waals surface area contributed by atoms with Gasteiger partial charge in [-0.25, -0.2) is 15.0 Å². The summed E-state index contributed by atoms with van der Waals surface area (Å²) in [6.45, 7) is 1.89. The minimum absolute atomic E-state index is 0.176. The first-order valence-corrected chi connectivity index (χ1v) is 11.3. The van der Waals surface area contributed by atoms with Gasteiger partial charge in [0.05, 0.1) is 4.88 Å². The third kappa shape index (κ3) is 5.31. The van der Waals surface area contributed by atoms with Crippen LogP contribution < -0.4 is 10.6 Å². The van der Waals surface area contributed by atoms with Crippen molar-refractivity contribution >= 4 is 34.6 Å². The highest BCUT2D eigenvalue weighted by Gasteiger charge is 2.39. The molecule has 0 unspecified atom stereocenters. The van der Waals surface area contributed by atoms with Crippen LogP contribution in [0.5, 0.6) is 0 Å². The molecule has 3 N–H and O–H groups in total. The second-order valence-corrected chi connectivity index (χ2v) is 8.93. The number of aliphatic hydroxyl groups is 1. The molecular weight excluding hydrogens is 455 g/mol. The summed E-state index contributed by atoms with van der Waals surface area (Å²) in [5.74, 6) is -0.397. The Morgan fingerprint density at radius 3 is 2.64 bits per heavy atom. The summed E-state index contributed by atoms with van der Waals surface area (Å²) >= 11 is 1.35. The van der Waals surface area contributed by atoms with Crippen molar-refractivity contribution in [3.8, 4) is 10.4 Å². The summed E-state index contributed by atoms with van der Waals surface area (Å²) in [4.78, 5) is 24.7. The van der Waals surface area contributed by atoms with Crippen LogP contribution in [-0.4, -0.2) is 26.0 Å². The van der Waals surface area contributed by atoms with Gasteiger partial charge in [-0.3, -0.25) is 4.79 Å². The monoisotopic (exact) mass is 477 g/mol. The van der Waals surface area contributed by atoms with Crippen LogP contribution in [0.1, 0.15) is 49.7 Å².